The SMILES string of the molecule is O=C1NCC2(CCN(c3c(Cl)cncc3-c3ccc(-c4cnn(C5CCCC5O)c4)cc3)CC2)O1. The molecule has 1 saturated carbocycles. The number of carbonyl (C=O) groups is 1. The molecule has 2 saturated heterocycles. The number of alkyl carbamates (subject to hydrolysis) is 1. The average Bonchev–Trinajstić information content (AvgIpc) is 3.60. The quantitative estimate of drug-likeness (QED) is 0.558. The Balaban J connectivity index is 1.23. The van der Waals surface area contributed by atoms with Crippen molar-refractivity contribution in [2.75, 3.05) is 24.5 Å². The molecule has 182 valence electrons. The summed E-state index contributed by atoms with van der Waals surface area (Å²) < 4.78 is 7.47. The van der Waals surface area contributed by atoms with Gasteiger partial charge in [0.05, 0.1) is 35.6 Å². The molecule has 3 aliphatic rings. The predicted octanol–water partition coefficient (Wildman–Crippen LogP) is 4.43. The number of carbonyl (C=O) groups excluding carboxylic acids is 1. The van der Waals surface area contributed by atoms with Crippen LogP contribution in [-0.4, -0.2) is 57.3 Å². The lowest BCUT2D eigenvalue weighted by Crippen LogP contribution is -2.46. The summed E-state index contributed by atoms with van der Waals surface area (Å²) >= 11 is 6.66. The Kier molecular flexibility index (Phi) is 5.65. The highest BCUT2D eigenvalue weighted by Gasteiger charge is 2.43. The number of hydrogen-bond donors (Lipinski definition) is 2. The van der Waals surface area contributed by atoms with E-state index < -0.39 is 5.60 Å². The largest absolute Gasteiger partial charge is 0.441 e. The number of pyridine rings is 1. The van der Waals surface area contributed by atoms with Crippen molar-refractivity contribution < 1.29 is 14.6 Å². The first-order valence-electron chi connectivity index (χ1n) is 12.2. The van der Waals surface area contributed by atoms with Gasteiger partial charge in [-0.15, -0.1) is 0 Å². The van der Waals surface area contributed by atoms with Gasteiger partial charge in [0.15, 0.2) is 0 Å². The molecule has 9 heteroatoms. The molecule has 1 aromatic carbocycles. The van der Waals surface area contributed by atoms with Crippen molar-refractivity contribution in [2.24, 2.45) is 0 Å². The highest BCUT2D eigenvalue weighted by Crippen LogP contribution is 2.40. The number of aliphatic hydroxyl groups excluding tert-OH is 1. The van der Waals surface area contributed by atoms with Gasteiger partial charge in [0, 0.05) is 55.6 Å². The minimum absolute atomic E-state index is 0.0651. The first-order valence-corrected chi connectivity index (χ1v) is 12.6. The number of anilines is 1. The Morgan fingerprint density at radius 2 is 1.83 bits per heavy atom. The fraction of sp³-hybridized carbons (Fsp3) is 0.423. The fourth-order valence-electron chi connectivity index (χ4n) is 5.62. The molecule has 2 atom stereocenters. The lowest BCUT2D eigenvalue weighted by atomic mass is 9.91. The van der Waals surface area contributed by atoms with Crippen LogP contribution in [-0.2, 0) is 4.74 Å². The summed E-state index contributed by atoms with van der Waals surface area (Å²) in [5.41, 5.74) is 4.66. The van der Waals surface area contributed by atoms with Crippen LogP contribution in [0.2, 0.25) is 5.02 Å². The zero-order chi connectivity index (χ0) is 24.0. The van der Waals surface area contributed by atoms with Gasteiger partial charge in [-0.2, -0.15) is 5.10 Å². The molecular weight excluding hydrogens is 466 g/mol. The molecule has 3 fully saturated rings. The van der Waals surface area contributed by atoms with Crippen LogP contribution in [0, 0.1) is 0 Å². The molecule has 1 spiro atoms. The van der Waals surface area contributed by atoms with E-state index in [1.807, 2.05) is 23.3 Å². The van der Waals surface area contributed by atoms with E-state index in [9.17, 15) is 9.90 Å². The van der Waals surface area contributed by atoms with Crippen molar-refractivity contribution >= 4 is 23.4 Å². The average molecular weight is 494 g/mol. The first kappa shape index (κ1) is 22.4. The normalized spacial score (nSPS) is 23.5. The highest BCUT2D eigenvalue weighted by molar-refractivity contribution is 6.33. The minimum atomic E-state index is -0.409. The number of amides is 1. The second-order valence-corrected chi connectivity index (χ2v) is 10.2. The standard InChI is InChI=1S/C26H28ClN5O3/c27-21-14-28-13-20(24(21)31-10-8-26(9-11-31)16-29-25(34)35-26)18-6-4-17(5-7-18)19-12-30-32(15-19)22-2-1-3-23(22)33/h4-7,12-15,22-23,33H,1-3,8-11,16H2,(H,29,34). The number of nitrogens with one attached hydrogen (secondary N) is 1. The zero-order valence-corrected chi connectivity index (χ0v) is 20.1. The lowest BCUT2D eigenvalue weighted by molar-refractivity contribution is 0.0367. The molecule has 35 heavy (non-hydrogen) atoms. The number of benzene rings is 1. The van der Waals surface area contributed by atoms with E-state index in [2.05, 4.69) is 44.6 Å². The molecule has 2 aliphatic heterocycles. The Labute approximate surface area is 208 Å². The van der Waals surface area contributed by atoms with Crippen molar-refractivity contribution in [2.45, 2.75) is 49.9 Å². The summed E-state index contributed by atoms with van der Waals surface area (Å²) in [6.07, 6.45) is 11.1. The molecule has 6 rings (SSSR count). The van der Waals surface area contributed by atoms with Gasteiger partial charge < -0.3 is 20.1 Å². The van der Waals surface area contributed by atoms with Crippen LogP contribution < -0.4 is 10.2 Å². The highest BCUT2D eigenvalue weighted by atomic mass is 35.5. The Bertz CT molecular complexity index is 1240. The van der Waals surface area contributed by atoms with Crippen molar-refractivity contribution in [3.8, 4) is 22.3 Å². The van der Waals surface area contributed by atoms with E-state index in [4.69, 9.17) is 16.3 Å². The lowest BCUT2D eigenvalue weighted by Gasteiger charge is -2.39. The van der Waals surface area contributed by atoms with E-state index in [-0.39, 0.29) is 18.2 Å². The van der Waals surface area contributed by atoms with Crippen LogP contribution in [0.4, 0.5) is 10.5 Å². The third-order valence-corrected chi connectivity index (χ3v) is 7.92. The van der Waals surface area contributed by atoms with E-state index in [1.54, 1.807) is 6.20 Å². The van der Waals surface area contributed by atoms with E-state index in [1.165, 1.54) is 0 Å². The third kappa shape index (κ3) is 4.15. The summed E-state index contributed by atoms with van der Waals surface area (Å²) in [5.74, 6) is 0. The molecule has 0 bridgehead atoms. The van der Waals surface area contributed by atoms with Crippen LogP contribution in [0.1, 0.15) is 38.1 Å². The molecule has 4 heterocycles. The van der Waals surface area contributed by atoms with Gasteiger partial charge in [-0.1, -0.05) is 35.9 Å². The number of halogens is 1. The third-order valence-electron chi connectivity index (χ3n) is 7.64. The molecule has 0 radical (unpaired) electrons. The molecule has 2 aromatic heterocycles. The van der Waals surface area contributed by atoms with Crippen molar-refractivity contribution in [3.63, 3.8) is 0 Å². The number of ether oxygens (including phenoxy) is 1. The topological polar surface area (TPSA) is 92.5 Å². The van der Waals surface area contributed by atoms with Gasteiger partial charge in [-0.3, -0.25) is 9.67 Å². The zero-order valence-electron chi connectivity index (χ0n) is 19.4. The molecule has 3 aromatic rings. The Hall–Kier alpha value is -3.10. The first-order chi connectivity index (χ1) is 17.0. The maximum atomic E-state index is 11.6. The van der Waals surface area contributed by atoms with Gasteiger partial charge in [0.25, 0.3) is 0 Å². The van der Waals surface area contributed by atoms with Crippen molar-refractivity contribution in [1.82, 2.24) is 20.1 Å². The number of aliphatic hydroxyl groups is 1. The van der Waals surface area contributed by atoms with Crippen LogP contribution in [0.5, 0.6) is 0 Å². The number of aromatic nitrogens is 3. The van der Waals surface area contributed by atoms with Crippen LogP contribution >= 0.6 is 11.6 Å². The van der Waals surface area contributed by atoms with E-state index in [0.29, 0.717) is 11.6 Å². The summed E-state index contributed by atoms with van der Waals surface area (Å²) in [6, 6.07) is 8.41. The maximum absolute atomic E-state index is 11.6. The van der Waals surface area contributed by atoms with Gasteiger partial charge in [-0.05, 0) is 30.4 Å². The molecule has 2 unspecified atom stereocenters. The summed E-state index contributed by atoms with van der Waals surface area (Å²) in [6.45, 7) is 2.06. The van der Waals surface area contributed by atoms with Crippen LogP contribution in [0.15, 0.2) is 49.1 Å². The minimum Gasteiger partial charge on any atom is -0.441 e. The van der Waals surface area contributed by atoms with Gasteiger partial charge in [0.1, 0.15) is 5.60 Å². The maximum Gasteiger partial charge on any atom is 0.407 e. The second-order valence-electron chi connectivity index (χ2n) is 9.78. The fourth-order valence-corrected chi connectivity index (χ4v) is 5.90. The number of hydrogen-bond acceptors (Lipinski definition) is 6. The van der Waals surface area contributed by atoms with Gasteiger partial charge in [0.2, 0.25) is 0 Å². The summed E-state index contributed by atoms with van der Waals surface area (Å²) in [4.78, 5) is 18.2. The van der Waals surface area contributed by atoms with Gasteiger partial charge in [-0.25, -0.2) is 4.79 Å². The molecule has 1 amide bonds. The van der Waals surface area contributed by atoms with Crippen molar-refractivity contribution in [1.29, 1.82) is 0 Å². The Morgan fingerprint density at radius 3 is 2.51 bits per heavy atom. The molecule has 2 N–H and O–H groups in total. The predicted molar refractivity (Wildman–Crippen MR) is 133 cm³/mol. The number of nitrogens with zero attached hydrogens (tertiary/aromatic N) is 4. The molecular formula is C26H28ClN5O3. The number of rotatable bonds is 4. The number of piperidine rings is 1. The summed E-state index contributed by atoms with van der Waals surface area (Å²) in [7, 11) is 0. The monoisotopic (exact) mass is 493 g/mol. The van der Waals surface area contributed by atoms with Gasteiger partial charge >= 0.3 is 6.09 Å². The van der Waals surface area contributed by atoms with Crippen LogP contribution in [0.25, 0.3) is 22.3 Å². The molecule has 8 nitrogen and oxygen atoms in total. The smallest absolute Gasteiger partial charge is 0.407 e. The van der Waals surface area contributed by atoms with Crippen LogP contribution in [0.3, 0.4) is 0 Å². The van der Waals surface area contributed by atoms with E-state index >= 15 is 0 Å². The molecule has 1 aliphatic carbocycles. The van der Waals surface area contributed by atoms with Crippen molar-refractivity contribution in [3.05, 3.63) is 54.1 Å². The second kappa shape index (κ2) is 8.84. The van der Waals surface area contributed by atoms with E-state index in [0.717, 1.165) is 73.1 Å². The Morgan fingerprint density at radius 1 is 1.06 bits per heavy atom. The summed E-state index contributed by atoms with van der Waals surface area (Å²) in [5, 5.41) is 18.1.